The molecule has 0 radical (unpaired) electrons. The zero-order valence-electron chi connectivity index (χ0n) is 10.3. The number of H-pyrrole nitrogens is 1. The zero-order valence-corrected chi connectivity index (χ0v) is 13.2. The lowest BCUT2D eigenvalue weighted by Gasteiger charge is -2.27. The molecule has 1 saturated carbocycles. The van der Waals surface area contributed by atoms with Crippen LogP contribution in [0.25, 0.3) is 11.0 Å². The molecule has 0 aliphatic heterocycles. The summed E-state index contributed by atoms with van der Waals surface area (Å²) in [7, 11) is 0. The van der Waals surface area contributed by atoms with E-state index in [-0.39, 0.29) is 11.4 Å². The predicted molar refractivity (Wildman–Crippen MR) is 81.8 cm³/mol. The summed E-state index contributed by atoms with van der Waals surface area (Å²) in [6, 6.07) is 3.41. The molecule has 0 spiro atoms. The Morgan fingerprint density at radius 3 is 2.72 bits per heavy atom. The number of nitrogens with zero attached hydrogens (tertiary/aromatic N) is 1. The number of halogens is 2. The number of aromatic amines is 1. The largest absolute Gasteiger partial charge is 0.331 e. The fourth-order valence-electron chi connectivity index (χ4n) is 2.65. The molecule has 2 aromatic rings. The minimum Gasteiger partial charge on any atom is -0.331 e. The van der Waals surface area contributed by atoms with Crippen molar-refractivity contribution in [2.45, 2.75) is 32.2 Å². The molecular formula is C13H14FIN2S. The van der Waals surface area contributed by atoms with E-state index in [2.05, 4.69) is 23.4 Å². The molecule has 1 fully saturated rings. The molecule has 1 aliphatic rings. The summed E-state index contributed by atoms with van der Waals surface area (Å²) in [5, 5.41) is 0. The van der Waals surface area contributed by atoms with Gasteiger partial charge >= 0.3 is 0 Å². The summed E-state index contributed by atoms with van der Waals surface area (Å²) >= 11 is 7.42. The molecule has 0 amide bonds. The van der Waals surface area contributed by atoms with Crippen LogP contribution in [0.1, 0.15) is 26.7 Å². The summed E-state index contributed by atoms with van der Waals surface area (Å²) in [5.41, 5.74) is 1.74. The van der Waals surface area contributed by atoms with Crippen molar-refractivity contribution in [1.29, 1.82) is 0 Å². The third-order valence-corrected chi connectivity index (χ3v) is 4.99. The van der Waals surface area contributed by atoms with E-state index in [1.165, 1.54) is 12.8 Å². The molecule has 18 heavy (non-hydrogen) atoms. The Kier molecular flexibility index (Phi) is 2.82. The molecule has 0 atom stereocenters. The Labute approximate surface area is 124 Å². The Balaban J connectivity index is 2.31. The first-order valence-corrected chi connectivity index (χ1v) is 7.50. The second kappa shape index (κ2) is 4.03. The molecule has 1 N–H and O–H groups in total. The van der Waals surface area contributed by atoms with Crippen LogP contribution in [0.2, 0.25) is 0 Å². The lowest BCUT2D eigenvalue weighted by molar-refractivity contribution is 0.310. The van der Waals surface area contributed by atoms with E-state index in [9.17, 15) is 4.39 Å². The van der Waals surface area contributed by atoms with Gasteiger partial charge in [0, 0.05) is 11.6 Å². The summed E-state index contributed by atoms with van der Waals surface area (Å²) in [4.78, 5) is 3.19. The fourth-order valence-corrected chi connectivity index (χ4v) is 3.56. The van der Waals surface area contributed by atoms with Crippen LogP contribution < -0.4 is 0 Å². The van der Waals surface area contributed by atoms with Gasteiger partial charge in [-0.3, -0.25) is 0 Å². The SMILES string of the molecule is CC(C)(C1CC1)n1c(=S)[nH]c2cc(I)c(F)cc21. The molecule has 1 aromatic heterocycles. The van der Waals surface area contributed by atoms with Crippen LogP contribution in [0.15, 0.2) is 12.1 Å². The molecule has 0 bridgehead atoms. The number of nitrogens with one attached hydrogen (secondary N) is 1. The van der Waals surface area contributed by atoms with E-state index in [0.29, 0.717) is 14.3 Å². The van der Waals surface area contributed by atoms with Gasteiger partial charge in [0.25, 0.3) is 0 Å². The Morgan fingerprint density at radius 2 is 2.11 bits per heavy atom. The van der Waals surface area contributed by atoms with Gasteiger partial charge in [-0.2, -0.15) is 0 Å². The predicted octanol–water partition coefficient (Wildman–Crippen LogP) is 4.59. The van der Waals surface area contributed by atoms with Crippen molar-refractivity contribution in [3.63, 3.8) is 0 Å². The maximum atomic E-state index is 13.8. The van der Waals surface area contributed by atoms with Crippen LogP contribution >= 0.6 is 34.8 Å². The van der Waals surface area contributed by atoms with Gasteiger partial charge in [-0.15, -0.1) is 0 Å². The third kappa shape index (κ3) is 1.82. The van der Waals surface area contributed by atoms with Crippen LogP contribution in [0.3, 0.4) is 0 Å². The third-order valence-electron chi connectivity index (χ3n) is 3.88. The average Bonchev–Trinajstić information content (AvgIpc) is 3.05. The van der Waals surface area contributed by atoms with Gasteiger partial charge in [0.2, 0.25) is 0 Å². The highest BCUT2D eigenvalue weighted by Crippen LogP contribution is 2.45. The second-order valence-electron chi connectivity index (χ2n) is 5.48. The van der Waals surface area contributed by atoms with Gasteiger partial charge in [-0.1, -0.05) is 0 Å². The number of benzene rings is 1. The maximum Gasteiger partial charge on any atom is 0.178 e. The highest BCUT2D eigenvalue weighted by Gasteiger charge is 2.40. The van der Waals surface area contributed by atoms with Crippen molar-refractivity contribution >= 4 is 45.8 Å². The van der Waals surface area contributed by atoms with Gasteiger partial charge in [-0.05, 0) is 73.5 Å². The number of hydrogen-bond donors (Lipinski definition) is 1. The van der Waals surface area contributed by atoms with Crippen molar-refractivity contribution in [2.24, 2.45) is 5.92 Å². The molecule has 1 aromatic carbocycles. The number of fused-ring (bicyclic) bond motifs is 1. The van der Waals surface area contributed by atoms with Crippen LogP contribution in [0, 0.1) is 20.1 Å². The number of aromatic nitrogens is 2. The molecule has 96 valence electrons. The molecule has 1 heterocycles. The summed E-state index contributed by atoms with van der Waals surface area (Å²) in [6.07, 6.45) is 2.46. The molecule has 1 aliphatic carbocycles. The molecule has 5 heteroatoms. The first-order valence-electron chi connectivity index (χ1n) is 6.01. The van der Waals surface area contributed by atoms with Crippen molar-refractivity contribution in [3.05, 3.63) is 26.3 Å². The van der Waals surface area contributed by atoms with E-state index in [0.717, 1.165) is 11.0 Å². The molecule has 3 rings (SSSR count). The monoisotopic (exact) mass is 376 g/mol. The molecular weight excluding hydrogens is 362 g/mol. The van der Waals surface area contributed by atoms with Crippen LogP contribution in [-0.2, 0) is 5.54 Å². The summed E-state index contributed by atoms with van der Waals surface area (Å²) in [5.74, 6) is 0.461. The van der Waals surface area contributed by atoms with Gasteiger partial charge < -0.3 is 9.55 Å². The standard InChI is InChI=1S/C13H14FIN2S/c1-13(2,7-3-4-7)17-11-5-8(14)9(15)6-10(11)16-12(17)18/h5-7H,3-4H2,1-2H3,(H,16,18). The highest BCUT2D eigenvalue weighted by molar-refractivity contribution is 14.1. The van der Waals surface area contributed by atoms with Crippen molar-refractivity contribution in [1.82, 2.24) is 9.55 Å². The first-order chi connectivity index (χ1) is 8.41. The van der Waals surface area contributed by atoms with E-state index in [1.54, 1.807) is 6.07 Å². The summed E-state index contributed by atoms with van der Waals surface area (Å²) in [6.45, 7) is 4.37. The Morgan fingerprint density at radius 1 is 1.44 bits per heavy atom. The first kappa shape index (κ1) is 12.6. The lowest BCUT2D eigenvalue weighted by Crippen LogP contribution is -2.28. The Hall–Kier alpha value is -0.430. The minimum atomic E-state index is -0.183. The summed E-state index contributed by atoms with van der Waals surface area (Å²) < 4.78 is 17.2. The molecule has 2 nitrogen and oxygen atoms in total. The van der Waals surface area contributed by atoms with E-state index < -0.39 is 0 Å². The maximum absolute atomic E-state index is 13.8. The number of hydrogen-bond acceptors (Lipinski definition) is 1. The zero-order chi connectivity index (χ0) is 13.1. The van der Waals surface area contributed by atoms with Crippen LogP contribution in [0.5, 0.6) is 0 Å². The smallest absolute Gasteiger partial charge is 0.178 e. The van der Waals surface area contributed by atoms with Crippen molar-refractivity contribution in [3.8, 4) is 0 Å². The van der Waals surface area contributed by atoms with Gasteiger partial charge in [0.05, 0.1) is 14.6 Å². The van der Waals surface area contributed by atoms with E-state index in [4.69, 9.17) is 12.2 Å². The molecule has 0 unspecified atom stereocenters. The number of imidazole rings is 1. The molecule has 0 saturated heterocycles. The normalized spacial score (nSPS) is 16.4. The van der Waals surface area contributed by atoms with Crippen LogP contribution in [0.4, 0.5) is 4.39 Å². The quantitative estimate of drug-likeness (QED) is 0.601. The lowest BCUT2D eigenvalue weighted by atomic mass is 9.98. The van der Waals surface area contributed by atoms with Crippen molar-refractivity contribution < 1.29 is 4.39 Å². The van der Waals surface area contributed by atoms with E-state index >= 15 is 0 Å². The van der Waals surface area contributed by atoms with Gasteiger partial charge in [0.1, 0.15) is 5.82 Å². The highest BCUT2D eigenvalue weighted by atomic mass is 127. The number of rotatable bonds is 2. The van der Waals surface area contributed by atoms with Crippen molar-refractivity contribution in [2.75, 3.05) is 0 Å². The van der Waals surface area contributed by atoms with Crippen LogP contribution in [-0.4, -0.2) is 9.55 Å². The minimum absolute atomic E-state index is 0.0471. The van der Waals surface area contributed by atoms with Gasteiger partial charge in [-0.25, -0.2) is 4.39 Å². The average molecular weight is 376 g/mol. The Bertz CT molecular complexity index is 682. The van der Waals surface area contributed by atoms with Gasteiger partial charge in [0.15, 0.2) is 4.77 Å². The second-order valence-corrected chi connectivity index (χ2v) is 7.03. The van der Waals surface area contributed by atoms with E-state index in [1.807, 2.05) is 28.7 Å². The fraction of sp³-hybridized carbons (Fsp3) is 0.462. The topological polar surface area (TPSA) is 20.7 Å².